The van der Waals surface area contributed by atoms with Crippen LogP contribution < -0.4 is 10.2 Å². The molecule has 0 bridgehead atoms. The van der Waals surface area contributed by atoms with E-state index < -0.39 is 17.6 Å². The number of rotatable bonds is 5. The molecule has 1 saturated heterocycles. The van der Waals surface area contributed by atoms with E-state index in [1.165, 1.54) is 18.8 Å². The van der Waals surface area contributed by atoms with Crippen LogP contribution in [0, 0.1) is 11.8 Å². The summed E-state index contributed by atoms with van der Waals surface area (Å²) in [5, 5.41) is 2.85. The van der Waals surface area contributed by atoms with Crippen LogP contribution in [0.2, 0.25) is 5.02 Å². The first-order valence-electron chi connectivity index (χ1n) is 9.48. The minimum absolute atomic E-state index is 0.0513. The fourth-order valence-electron chi connectivity index (χ4n) is 3.62. The molecule has 2 aromatic rings. The van der Waals surface area contributed by atoms with E-state index in [2.05, 4.69) is 34.0 Å². The number of halogens is 4. The first-order chi connectivity index (χ1) is 14.1. The summed E-state index contributed by atoms with van der Waals surface area (Å²) in [7, 11) is 0. The predicted octanol–water partition coefficient (Wildman–Crippen LogP) is 5.36. The minimum Gasteiger partial charge on any atom is -0.356 e. The zero-order valence-electron chi connectivity index (χ0n) is 16.5. The highest BCUT2D eigenvalue weighted by atomic mass is 35.5. The molecule has 0 spiro atoms. The first kappa shape index (κ1) is 22.7. The number of nitrogens with one attached hydrogen (secondary N) is 1. The van der Waals surface area contributed by atoms with Crippen LogP contribution in [0.3, 0.4) is 0 Å². The molecule has 1 aliphatic heterocycles. The first-order valence-corrected chi connectivity index (χ1v) is 10.8. The van der Waals surface area contributed by atoms with Crippen LogP contribution in [-0.2, 0) is 11.0 Å². The van der Waals surface area contributed by atoms with Crippen LogP contribution in [-0.4, -0.2) is 34.7 Å². The van der Waals surface area contributed by atoms with Gasteiger partial charge in [-0.25, -0.2) is 9.97 Å². The van der Waals surface area contributed by atoms with Crippen LogP contribution in [0.1, 0.15) is 25.8 Å². The molecule has 1 aromatic carbocycles. The van der Waals surface area contributed by atoms with Crippen molar-refractivity contribution in [2.24, 2.45) is 11.8 Å². The molecule has 1 aliphatic rings. The van der Waals surface area contributed by atoms with Gasteiger partial charge in [-0.05, 0) is 36.5 Å². The Morgan fingerprint density at radius 3 is 2.60 bits per heavy atom. The Labute approximate surface area is 182 Å². The monoisotopic (exact) mass is 458 g/mol. The highest BCUT2D eigenvalue weighted by molar-refractivity contribution is 7.99. The number of piperidine rings is 1. The lowest BCUT2D eigenvalue weighted by molar-refractivity contribution is -0.137. The highest BCUT2D eigenvalue weighted by Crippen LogP contribution is 2.36. The maximum atomic E-state index is 13.2. The van der Waals surface area contributed by atoms with E-state index in [0.29, 0.717) is 16.9 Å². The van der Waals surface area contributed by atoms with Crippen LogP contribution in [0.5, 0.6) is 0 Å². The van der Waals surface area contributed by atoms with Gasteiger partial charge in [0.25, 0.3) is 0 Å². The third-order valence-corrected chi connectivity index (χ3v) is 5.89. The molecular weight excluding hydrogens is 437 g/mol. The van der Waals surface area contributed by atoms with Gasteiger partial charge in [0.05, 0.1) is 17.0 Å². The van der Waals surface area contributed by atoms with E-state index in [9.17, 15) is 18.0 Å². The average molecular weight is 459 g/mol. The van der Waals surface area contributed by atoms with Gasteiger partial charge in [0.2, 0.25) is 5.91 Å². The Morgan fingerprint density at radius 1 is 1.23 bits per heavy atom. The van der Waals surface area contributed by atoms with E-state index >= 15 is 0 Å². The van der Waals surface area contributed by atoms with Gasteiger partial charge in [0.15, 0.2) is 0 Å². The molecule has 0 saturated carbocycles. The van der Waals surface area contributed by atoms with Crippen molar-refractivity contribution >= 4 is 40.8 Å². The number of aromatic nitrogens is 2. The average Bonchev–Trinajstić information content (AvgIpc) is 2.66. The summed E-state index contributed by atoms with van der Waals surface area (Å²) >= 11 is 6.81. The summed E-state index contributed by atoms with van der Waals surface area (Å²) in [6, 6.07) is 5.06. The number of alkyl halides is 3. The smallest absolute Gasteiger partial charge is 0.356 e. The quantitative estimate of drug-likeness (QED) is 0.482. The van der Waals surface area contributed by atoms with Crippen molar-refractivity contribution in [3.8, 4) is 0 Å². The number of anilines is 2. The van der Waals surface area contributed by atoms with E-state index in [0.717, 1.165) is 42.8 Å². The van der Waals surface area contributed by atoms with Crippen molar-refractivity contribution in [1.29, 1.82) is 0 Å². The molecular formula is C20H22ClF3N4OS. The lowest BCUT2D eigenvalue weighted by atomic mass is 9.92. The van der Waals surface area contributed by atoms with E-state index in [-0.39, 0.29) is 16.5 Å². The number of hydrogen-bond donors (Lipinski definition) is 1. The Hall–Kier alpha value is -2.00. The maximum absolute atomic E-state index is 13.2. The molecule has 0 unspecified atom stereocenters. The number of amides is 1. The molecule has 1 aromatic heterocycles. The summed E-state index contributed by atoms with van der Waals surface area (Å²) < 4.78 is 39.5. The lowest BCUT2D eigenvalue weighted by Crippen LogP contribution is -2.39. The molecule has 5 nitrogen and oxygen atoms in total. The summed E-state index contributed by atoms with van der Waals surface area (Å²) in [5.41, 5.74) is -1.30. The van der Waals surface area contributed by atoms with Gasteiger partial charge in [0.1, 0.15) is 17.2 Å². The van der Waals surface area contributed by atoms with Gasteiger partial charge in [-0.1, -0.05) is 37.2 Å². The topological polar surface area (TPSA) is 58.1 Å². The molecule has 0 aliphatic carbocycles. The zero-order chi connectivity index (χ0) is 21.9. The third-order valence-electron chi connectivity index (χ3n) is 4.73. The summed E-state index contributed by atoms with van der Waals surface area (Å²) in [5.74, 6) is 1.28. The van der Waals surface area contributed by atoms with Crippen molar-refractivity contribution in [1.82, 2.24) is 9.97 Å². The Morgan fingerprint density at radius 2 is 1.93 bits per heavy atom. The summed E-state index contributed by atoms with van der Waals surface area (Å²) in [6.45, 7) is 6.22. The number of carbonyl (C=O) groups is 1. The van der Waals surface area contributed by atoms with Crippen LogP contribution in [0.4, 0.5) is 24.7 Å². The predicted molar refractivity (Wildman–Crippen MR) is 113 cm³/mol. The van der Waals surface area contributed by atoms with E-state index in [4.69, 9.17) is 11.6 Å². The largest absolute Gasteiger partial charge is 0.418 e. The van der Waals surface area contributed by atoms with Gasteiger partial charge < -0.3 is 10.2 Å². The Balaban J connectivity index is 1.63. The summed E-state index contributed by atoms with van der Waals surface area (Å²) in [6.07, 6.45) is -2.00. The molecule has 3 rings (SSSR count). The second-order valence-electron chi connectivity index (χ2n) is 7.59. The molecule has 0 radical (unpaired) electrons. The SMILES string of the molecule is C[C@@H]1C[C@H](C)CN(c2cc(SCC(=O)Nc3ccc(Cl)cc3C(F)(F)F)ncn2)C1. The van der Waals surface area contributed by atoms with Crippen molar-refractivity contribution in [2.45, 2.75) is 31.5 Å². The fourth-order valence-corrected chi connectivity index (χ4v) is 4.45. The van der Waals surface area contributed by atoms with Gasteiger partial charge >= 0.3 is 6.18 Å². The summed E-state index contributed by atoms with van der Waals surface area (Å²) in [4.78, 5) is 22.9. The molecule has 2 heterocycles. The molecule has 162 valence electrons. The van der Waals surface area contributed by atoms with Crippen LogP contribution >= 0.6 is 23.4 Å². The number of benzene rings is 1. The number of carbonyl (C=O) groups excluding carboxylic acids is 1. The van der Waals surface area contributed by atoms with Crippen molar-refractivity contribution in [3.05, 3.63) is 41.2 Å². The maximum Gasteiger partial charge on any atom is 0.418 e. The second kappa shape index (κ2) is 9.43. The van der Waals surface area contributed by atoms with Crippen molar-refractivity contribution < 1.29 is 18.0 Å². The molecule has 1 fully saturated rings. The van der Waals surface area contributed by atoms with Gasteiger partial charge in [0, 0.05) is 24.2 Å². The highest BCUT2D eigenvalue weighted by Gasteiger charge is 2.34. The zero-order valence-corrected chi connectivity index (χ0v) is 18.1. The van der Waals surface area contributed by atoms with E-state index in [1.54, 1.807) is 0 Å². The molecule has 1 N–H and O–H groups in total. The lowest BCUT2D eigenvalue weighted by Gasteiger charge is -2.35. The fraction of sp³-hybridized carbons (Fsp3) is 0.450. The van der Waals surface area contributed by atoms with Gasteiger partial charge in [-0.15, -0.1) is 0 Å². The van der Waals surface area contributed by atoms with Crippen molar-refractivity contribution in [2.75, 3.05) is 29.1 Å². The Bertz CT molecular complexity index is 902. The second-order valence-corrected chi connectivity index (χ2v) is 9.02. The molecule has 30 heavy (non-hydrogen) atoms. The standard InChI is InChI=1S/C20H22ClF3N4OS/c1-12-5-13(2)9-28(8-12)17-7-19(26-11-25-17)30-10-18(29)27-16-4-3-14(21)6-15(16)20(22,23)24/h3-4,6-7,11-13H,5,8-10H2,1-2H3,(H,27,29)/t12-,13+. The minimum atomic E-state index is -4.62. The van der Waals surface area contributed by atoms with E-state index in [1.807, 2.05) is 6.07 Å². The number of hydrogen-bond acceptors (Lipinski definition) is 5. The third kappa shape index (κ3) is 6.01. The van der Waals surface area contributed by atoms with Gasteiger partial charge in [-0.2, -0.15) is 13.2 Å². The number of thioether (sulfide) groups is 1. The van der Waals surface area contributed by atoms with Crippen molar-refractivity contribution in [3.63, 3.8) is 0 Å². The normalized spacial score (nSPS) is 19.6. The van der Waals surface area contributed by atoms with Gasteiger partial charge in [-0.3, -0.25) is 4.79 Å². The Kier molecular flexibility index (Phi) is 7.13. The molecule has 1 amide bonds. The number of nitrogens with zero attached hydrogens (tertiary/aromatic N) is 3. The molecule has 2 atom stereocenters. The van der Waals surface area contributed by atoms with Crippen LogP contribution in [0.25, 0.3) is 0 Å². The van der Waals surface area contributed by atoms with Crippen LogP contribution in [0.15, 0.2) is 35.6 Å². The molecule has 10 heteroatoms.